The van der Waals surface area contributed by atoms with Crippen molar-refractivity contribution in [3.05, 3.63) is 92.8 Å². The van der Waals surface area contributed by atoms with Gasteiger partial charge in [-0.25, -0.2) is 9.78 Å². The number of carboxylic acids is 1. The number of aromatic hydroxyl groups is 1. The molecule has 45 heavy (non-hydrogen) atoms. The van der Waals surface area contributed by atoms with Gasteiger partial charge >= 0.3 is 5.97 Å². The number of rotatable bonds is 9. The molecule has 3 heterocycles. The summed E-state index contributed by atoms with van der Waals surface area (Å²) in [6.07, 6.45) is 10.5. The van der Waals surface area contributed by atoms with Crippen molar-refractivity contribution in [1.82, 2.24) is 19.9 Å². The number of H-pyrrole nitrogens is 1. The van der Waals surface area contributed by atoms with E-state index in [2.05, 4.69) is 20.2 Å². The molecule has 1 amide bonds. The number of carboxylic acid groups (broad SMARTS) is 1. The highest BCUT2D eigenvalue weighted by Gasteiger charge is 2.26. The number of furan rings is 1. The molecule has 1 aliphatic rings. The summed E-state index contributed by atoms with van der Waals surface area (Å²) in [4.78, 5) is 56.8. The first-order valence-electron chi connectivity index (χ1n) is 14.8. The Morgan fingerprint density at radius 3 is 2.62 bits per heavy atom. The molecule has 5 N–H and O–H groups in total. The summed E-state index contributed by atoms with van der Waals surface area (Å²) in [5.74, 6) is -1.59. The molecule has 3 aromatic carbocycles. The summed E-state index contributed by atoms with van der Waals surface area (Å²) >= 11 is 0. The summed E-state index contributed by atoms with van der Waals surface area (Å²) in [6, 6.07) is 11.2. The van der Waals surface area contributed by atoms with E-state index in [9.17, 15) is 29.4 Å². The zero-order valence-electron chi connectivity index (χ0n) is 24.0. The Balaban J connectivity index is 1.14. The van der Waals surface area contributed by atoms with Gasteiger partial charge in [-0.05, 0) is 60.9 Å². The molecule has 228 valence electrons. The maximum atomic E-state index is 13.4. The standard InChI is InChI=1S/C33H29N5O7/c39-28-27(29(40)30(28)41)35-20-7-8-23-22(14-20)19(15-34-23)13-25(33(43)44)37-32(42)17-6-9-26-24(12-17)36-31(18-10-11-45-16-18)38(26)21-4-2-1-3-5-21/h6-12,14-16,21,25,34-35,39H,1-5,13H2,(H,37,42)(H,43,44)/t25-/m0/s1. The number of amides is 1. The first kappa shape index (κ1) is 28.1. The fourth-order valence-corrected chi connectivity index (χ4v) is 6.27. The van der Waals surface area contributed by atoms with Crippen molar-refractivity contribution in [3.63, 3.8) is 0 Å². The maximum Gasteiger partial charge on any atom is 0.326 e. The highest BCUT2D eigenvalue weighted by Crippen LogP contribution is 2.36. The molecular formula is C33H29N5O7. The lowest BCUT2D eigenvalue weighted by Crippen LogP contribution is -2.42. The quantitative estimate of drug-likeness (QED) is 0.145. The Kier molecular flexibility index (Phi) is 6.96. The van der Waals surface area contributed by atoms with Crippen LogP contribution in [0.2, 0.25) is 0 Å². The molecule has 0 unspecified atom stereocenters. The Labute approximate surface area is 255 Å². The number of aromatic amines is 1. The molecule has 0 spiro atoms. The summed E-state index contributed by atoms with van der Waals surface area (Å²) in [5.41, 5.74) is 2.48. The molecule has 0 aliphatic heterocycles. The minimum absolute atomic E-state index is 0.0287. The molecule has 12 nitrogen and oxygen atoms in total. The Hall–Kier alpha value is -5.65. The van der Waals surface area contributed by atoms with Crippen LogP contribution in [-0.4, -0.2) is 42.7 Å². The second-order valence-electron chi connectivity index (χ2n) is 11.5. The average Bonchev–Trinajstić information content (AvgIpc) is 3.81. The summed E-state index contributed by atoms with van der Waals surface area (Å²) < 4.78 is 7.57. The van der Waals surface area contributed by atoms with Crippen LogP contribution in [0.15, 0.2) is 75.2 Å². The Morgan fingerprint density at radius 2 is 1.89 bits per heavy atom. The van der Waals surface area contributed by atoms with E-state index in [0.29, 0.717) is 33.2 Å². The van der Waals surface area contributed by atoms with Crippen molar-refractivity contribution in [1.29, 1.82) is 0 Å². The molecule has 6 aromatic rings. The molecule has 12 heteroatoms. The van der Waals surface area contributed by atoms with Crippen LogP contribution in [0.1, 0.15) is 54.1 Å². The average molecular weight is 608 g/mol. The number of carbonyl (C=O) groups excluding carboxylic acids is 1. The molecule has 1 aliphatic carbocycles. The van der Waals surface area contributed by atoms with E-state index in [1.54, 1.807) is 49.1 Å². The number of nitrogens with one attached hydrogen (secondary N) is 3. The Morgan fingerprint density at radius 1 is 1.07 bits per heavy atom. The van der Waals surface area contributed by atoms with Crippen LogP contribution >= 0.6 is 0 Å². The zero-order valence-corrected chi connectivity index (χ0v) is 24.0. The van der Waals surface area contributed by atoms with E-state index in [1.807, 2.05) is 12.1 Å². The fraction of sp³-hybridized carbons (Fsp3) is 0.242. The van der Waals surface area contributed by atoms with Crippen molar-refractivity contribution in [2.45, 2.75) is 50.6 Å². The van der Waals surface area contributed by atoms with Gasteiger partial charge in [0.1, 0.15) is 23.8 Å². The normalized spacial score (nSPS) is 14.7. The van der Waals surface area contributed by atoms with Crippen molar-refractivity contribution in [2.24, 2.45) is 0 Å². The first-order valence-corrected chi connectivity index (χ1v) is 14.8. The van der Waals surface area contributed by atoms with Gasteiger partial charge in [-0.15, -0.1) is 0 Å². The summed E-state index contributed by atoms with van der Waals surface area (Å²) in [7, 11) is 0. The van der Waals surface area contributed by atoms with Crippen LogP contribution in [0.5, 0.6) is 5.75 Å². The maximum absolute atomic E-state index is 13.4. The molecule has 3 aromatic heterocycles. The van der Waals surface area contributed by atoms with Crippen LogP contribution < -0.4 is 21.5 Å². The number of hydrogen-bond donors (Lipinski definition) is 5. The van der Waals surface area contributed by atoms with Crippen LogP contribution in [0.3, 0.4) is 0 Å². The van der Waals surface area contributed by atoms with Gasteiger partial charge in [0.05, 0.1) is 22.9 Å². The molecule has 0 saturated heterocycles. The zero-order chi connectivity index (χ0) is 31.2. The number of benzene rings is 2. The third-order valence-electron chi connectivity index (χ3n) is 8.62. The van der Waals surface area contributed by atoms with Crippen LogP contribution in [0.4, 0.5) is 11.4 Å². The first-order chi connectivity index (χ1) is 21.8. The minimum Gasteiger partial charge on any atom is -0.502 e. The number of carbonyl (C=O) groups is 2. The highest BCUT2D eigenvalue weighted by atomic mass is 16.4. The number of aliphatic carboxylic acids is 1. The topological polar surface area (TPSA) is 180 Å². The Bertz CT molecular complexity index is 2140. The molecule has 1 saturated carbocycles. The van der Waals surface area contributed by atoms with Gasteiger partial charge in [-0.2, -0.15) is 0 Å². The largest absolute Gasteiger partial charge is 0.502 e. The van der Waals surface area contributed by atoms with E-state index in [-0.39, 0.29) is 18.2 Å². The molecule has 0 radical (unpaired) electrons. The van der Waals surface area contributed by atoms with Crippen molar-refractivity contribution in [3.8, 4) is 17.1 Å². The van der Waals surface area contributed by atoms with Gasteiger partial charge in [-0.1, -0.05) is 19.3 Å². The van der Waals surface area contributed by atoms with E-state index in [4.69, 9.17) is 9.40 Å². The van der Waals surface area contributed by atoms with Gasteiger partial charge < -0.3 is 34.8 Å². The second kappa shape index (κ2) is 11.1. The van der Waals surface area contributed by atoms with E-state index >= 15 is 0 Å². The van der Waals surface area contributed by atoms with Gasteiger partial charge in [0.25, 0.3) is 16.8 Å². The SMILES string of the molecule is O=C(N[C@@H](Cc1c[nH]c2ccc(Nc3c(O)c(=O)c3=O)cc12)C(=O)O)c1ccc2c(c1)nc(-c1ccoc1)n2C1CCCCC1. The van der Waals surface area contributed by atoms with Gasteiger partial charge in [-0.3, -0.25) is 14.4 Å². The van der Waals surface area contributed by atoms with Crippen molar-refractivity contribution >= 4 is 45.2 Å². The van der Waals surface area contributed by atoms with Crippen LogP contribution in [0.25, 0.3) is 33.3 Å². The van der Waals surface area contributed by atoms with Gasteiger partial charge in [0.2, 0.25) is 0 Å². The van der Waals surface area contributed by atoms with E-state index < -0.39 is 34.5 Å². The lowest BCUT2D eigenvalue weighted by atomic mass is 9.95. The molecule has 0 bridgehead atoms. The van der Waals surface area contributed by atoms with E-state index in [0.717, 1.165) is 42.6 Å². The van der Waals surface area contributed by atoms with E-state index in [1.165, 1.54) is 6.42 Å². The van der Waals surface area contributed by atoms with Gasteiger partial charge in [0, 0.05) is 40.8 Å². The number of anilines is 2. The third-order valence-corrected chi connectivity index (χ3v) is 8.62. The molecule has 1 fully saturated rings. The number of fused-ring (bicyclic) bond motifs is 2. The number of hydrogen-bond acceptors (Lipinski definition) is 8. The second-order valence-corrected chi connectivity index (χ2v) is 11.5. The summed E-state index contributed by atoms with van der Waals surface area (Å²) in [5, 5.41) is 25.8. The number of aromatic nitrogens is 3. The predicted molar refractivity (Wildman–Crippen MR) is 167 cm³/mol. The van der Waals surface area contributed by atoms with Gasteiger partial charge in [0.15, 0.2) is 5.75 Å². The summed E-state index contributed by atoms with van der Waals surface area (Å²) in [6.45, 7) is 0. The molecule has 7 rings (SSSR count). The lowest BCUT2D eigenvalue weighted by Gasteiger charge is -2.25. The van der Waals surface area contributed by atoms with Crippen LogP contribution in [0, 0.1) is 0 Å². The number of nitrogens with zero attached hydrogens (tertiary/aromatic N) is 2. The monoisotopic (exact) mass is 607 g/mol. The smallest absolute Gasteiger partial charge is 0.326 e. The molecule has 1 atom stereocenters. The van der Waals surface area contributed by atoms with Crippen molar-refractivity contribution < 1.29 is 24.2 Å². The number of imidazole rings is 1. The third kappa shape index (κ3) is 5.03. The highest BCUT2D eigenvalue weighted by molar-refractivity contribution is 6.00. The molecular weight excluding hydrogens is 578 g/mol. The fourth-order valence-electron chi connectivity index (χ4n) is 6.27. The minimum atomic E-state index is -1.25. The van der Waals surface area contributed by atoms with Crippen molar-refractivity contribution in [2.75, 3.05) is 5.32 Å². The lowest BCUT2D eigenvalue weighted by molar-refractivity contribution is -0.139. The predicted octanol–water partition coefficient (Wildman–Crippen LogP) is 4.75. The van der Waals surface area contributed by atoms with Crippen LogP contribution in [-0.2, 0) is 11.2 Å².